The van der Waals surface area contributed by atoms with E-state index in [1.165, 1.54) is 0 Å². The van der Waals surface area contributed by atoms with Crippen LogP contribution in [0, 0.1) is 5.92 Å². The minimum absolute atomic E-state index is 0.00730. The highest BCUT2D eigenvalue weighted by molar-refractivity contribution is 6.09. The van der Waals surface area contributed by atoms with Gasteiger partial charge in [-0.15, -0.1) is 0 Å². The number of hydrazone groups is 1. The van der Waals surface area contributed by atoms with Crippen LogP contribution in [0.4, 0.5) is 0 Å². The lowest BCUT2D eigenvalue weighted by Crippen LogP contribution is -2.52. The summed E-state index contributed by atoms with van der Waals surface area (Å²) < 4.78 is 0. The molecule has 4 rings (SSSR count). The van der Waals surface area contributed by atoms with E-state index in [0.717, 1.165) is 23.3 Å². The molecule has 0 radical (unpaired) electrons. The molecule has 1 amide bonds. The van der Waals surface area contributed by atoms with Crippen molar-refractivity contribution in [3.8, 4) is 0 Å². The van der Waals surface area contributed by atoms with Crippen LogP contribution in [-0.2, 0) is 11.3 Å². The van der Waals surface area contributed by atoms with Crippen LogP contribution in [0.5, 0.6) is 0 Å². The number of benzene rings is 2. The van der Waals surface area contributed by atoms with Gasteiger partial charge in [-0.1, -0.05) is 67.6 Å². The van der Waals surface area contributed by atoms with Gasteiger partial charge in [0, 0.05) is 5.56 Å². The minimum atomic E-state index is -0.480. The highest BCUT2D eigenvalue weighted by atomic mass is 16.2. The Bertz CT molecular complexity index is 862. The van der Waals surface area contributed by atoms with E-state index >= 15 is 0 Å². The third-order valence-electron chi connectivity index (χ3n) is 5.39. The third kappa shape index (κ3) is 2.73. The molecule has 0 saturated carbocycles. The van der Waals surface area contributed by atoms with E-state index < -0.39 is 5.54 Å². The quantitative estimate of drug-likeness (QED) is 0.824. The first kappa shape index (κ1) is 16.6. The number of amides is 1. The standard InChI is InChI=1S/C21H22N4O/c1-3-21(2)17-19(22-24-21)18(16-12-8-5-9-13-16)23-25(20(17)26)14-15-10-6-4-7-11-15/h4-13,17,19H,3,14H2,1-2H3/t17-,19+,21+/m1/s1. The fraction of sp³-hybridized carbons (Fsp3) is 0.333. The molecule has 0 saturated heterocycles. The molecule has 0 aliphatic carbocycles. The van der Waals surface area contributed by atoms with E-state index in [2.05, 4.69) is 17.2 Å². The molecule has 132 valence electrons. The topological polar surface area (TPSA) is 57.4 Å². The van der Waals surface area contributed by atoms with Gasteiger partial charge in [0.15, 0.2) is 0 Å². The molecule has 5 nitrogen and oxygen atoms in total. The van der Waals surface area contributed by atoms with Gasteiger partial charge in [0.2, 0.25) is 0 Å². The molecule has 5 heteroatoms. The van der Waals surface area contributed by atoms with Crippen molar-refractivity contribution >= 4 is 11.6 Å². The molecule has 2 aromatic carbocycles. The first-order valence-electron chi connectivity index (χ1n) is 9.03. The maximum atomic E-state index is 13.3. The van der Waals surface area contributed by atoms with Crippen LogP contribution in [0.1, 0.15) is 31.4 Å². The molecule has 26 heavy (non-hydrogen) atoms. The predicted octanol–water partition coefficient (Wildman–Crippen LogP) is 4.05. The van der Waals surface area contributed by atoms with Crippen molar-refractivity contribution in [1.82, 2.24) is 5.01 Å². The van der Waals surface area contributed by atoms with E-state index in [-0.39, 0.29) is 17.9 Å². The summed E-state index contributed by atoms with van der Waals surface area (Å²) in [4.78, 5) is 13.3. The van der Waals surface area contributed by atoms with Crippen molar-refractivity contribution < 1.29 is 4.79 Å². The second-order valence-electron chi connectivity index (χ2n) is 7.08. The Morgan fingerprint density at radius 1 is 1.04 bits per heavy atom. The maximum absolute atomic E-state index is 13.3. The molecule has 0 bridgehead atoms. The normalized spacial score (nSPS) is 27.4. The Morgan fingerprint density at radius 2 is 1.69 bits per heavy atom. The van der Waals surface area contributed by atoms with Gasteiger partial charge < -0.3 is 0 Å². The number of azo groups is 1. The molecular formula is C21H22N4O. The third-order valence-corrected chi connectivity index (χ3v) is 5.39. The average molecular weight is 346 g/mol. The van der Waals surface area contributed by atoms with Crippen LogP contribution in [0.2, 0.25) is 0 Å². The van der Waals surface area contributed by atoms with Gasteiger partial charge in [-0.25, -0.2) is 5.01 Å². The molecule has 0 unspecified atom stereocenters. The van der Waals surface area contributed by atoms with Gasteiger partial charge in [0.05, 0.1) is 23.7 Å². The van der Waals surface area contributed by atoms with Crippen molar-refractivity contribution in [3.63, 3.8) is 0 Å². The molecule has 0 fully saturated rings. The SMILES string of the molecule is CC[C@]1(C)N=N[C@@H]2C(c3ccccc3)=NN(Cc3ccccc3)C(=O)[C@@H]21. The Hall–Kier alpha value is -2.82. The number of rotatable bonds is 4. The monoisotopic (exact) mass is 346 g/mol. The molecule has 3 atom stereocenters. The number of hydrogen-bond acceptors (Lipinski definition) is 4. The summed E-state index contributed by atoms with van der Waals surface area (Å²) in [6.45, 7) is 4.54. The average Bonchev–Trinajstić information content (AvgIpc) is 3.04. The fourth-order valence-corrected chi connectivity index (χ4v) is 3.67. The Balaban J connectivity index is 1.77. The Kier molecular flexibility index (Phi) is 4.15. The van der Waals surface area contributed by atoms with Crippen LogP contribution >= 0.6 is 0 Å². The molecule has 2 aliphatic heterocycles. The first-order chi connectivity index (χ1) is 12.6. The summed E-state index contributed by atoms with van der Waals surface area (Å²) in [5.74, 6) is -0.295. The van der Waals surface area contributed by atoms with Crippen LogP contribution in [-0.4, -0.2) is 28.2 Å². The Labute approximate surface area is 153 Å². The zero-order valence-electron chi connectivity index (χ0n) is 15.0. The van der Waals surface area contributed by atoms with Crippen LogP contribution in [0.15, 0.2) is 76.0 Å². The molecule has 2 aromatic rings. The van der Waals surface area contributed by atoms with E-state index in [0.29, 0.717) is 6.54 Å². The van der Waals surface area contributed by atoms with Crippen molar-refractivity contribution in [2.24, 2.45) is 21.2 Å². The maximum Gasteiger partial charge on any atom is 0.251 e. The Morgan fingerprint density at radius 3 is 2.35 bits per heavy atom. The molecule has 0 N–H and O–H groups in total. The zero-order chi connectivity index (χ0) is 18.1. The van der Waals surface area contributed by atoms with Crippen LogP contribution in [0.3, 0.4) is 0 Å². The summed E-state index contributed by atoms with van der Waals surface area (Å²) in [6.07, 6.45) is 0.769. The predicted molar refractivity (Wildman–Crippen MR) is 101 cm³/mol. The van der Waals surface area contributed by atoms with E-state index in [1.54, 1.807) is 5.01 Å². The van der Waals surface area contributed by atoms with E-state index in [1.807, 2.05) is 67.6 Å². The lowest BCUT2D eigenvalue weighted by Gasteiger charge is -2.36. The van der Waals surface area contributed by atoms with Crippen molar-refractivity contribution in [1.29, 1.82) is 0 Å². The van der Waals surface area contributed by atoms with Crippen molar-refractivity contribution in [3.05, 3.63) is 71.8 Å². The highest BCUT2D eigenvalue weighted by Crippen LogP contribution is 2.41. The van der Waals surface area contributed by atoms with Gasteiger partial charge in [-0.2, -0.15) is 15.3 Å². The number of fused-ring (bicyclic) bond motifs is 1. The fourth-order valence-electron chi connectivity index (χ4n) is 3.67. The highest BCUT2D eigenvalue weighted by Gasteiger charge is 2.53. The van der Waals surface area contributed by atoms with E-state index in [4.69, 9.17) is 5.10 Å². The smallest absolute Gasteiger partial charge is 0.251 e. The largest absolute Gasteiger partial charge is 0.272 e. The summed E-state index contributed by atoms with van der Waals surface area (Å²) in [6, 6.07) is 19.6. The second kappa shape index (κ2) is 6.48. The van der Waals surface area contributed by atoms with Crippen molar-refractivity contribution in [2.75, 3.05) is 0 Å². The second-order valence-corrected chi connectivity index (χ2v) is 7.08. The van der Waals surface area contributed by atoms with Gasteiger partial charge >= 0.3 is 0 Å². The zero-order valence-corrected chi connectivity index (χ0v) is 15.0. The van der Waals surface area contributed by atoms with Gasteiger partial charge in [0.25, 0.3) is 5.91 Å². The summed E-state index contributed by atoms with van der Waals surface area (Å²) in [5, 5.41) is 15.3. The molecule has 0 aromatic heterocycles. The van der Waals surface area contributed by atoms with Crippen molar-refractivity contribution in [2.45, 2.75) is 38.4 Å². The van der Waals surface area contributed by atoms with Crippen LogP contribution in [0.25, 0.3) is 0 Å². The molecule has 2 aliphatic rings. The minimum Gasteiger partial charge on any atom is -0.272 e. The molecule has 0 spiro atoms. The summed E-state index contributed by atoms with van der Waals surface area (Å²) in [7, 11) is 0. The van der Waals surface area contributed by atoms with Gasteiger partial charge in [-0.05, 0) is 18.9 Å². The summed E-state index contributed by atoms with van der Waals surface area (Å²) in [5.41, 5.74) is 2.40. The number of carbonyl (C=O) groups is 1. The number of nitrogens with zero attached hydrogens (tertiary/aromatic N) is 4. The molecular weight excluding hydrogens is 324 g/mol. The van der Waals surface area contributed by atoms with Crippen LogP contribution < -0.4 is 0 Å². The lowest BCUT2D eigenvalue weighted by molar-refractivity contribution is -0.138. The van der Waals surface area contributed by atoms with Gasteiger partial charge in [0.1, 0.15) is 6.04 Å². The first-order valence-corrected chi connectivity index (χ1v) is 9.03. The van der Waals surface area contributed by atoms with Gasteiger partial charge in [-0.3, -0.25) is 4.79 Å². The lowest BCUT2D eigenvalue weighted by atomic mass is 9.76. The number of carbonyl (C=O) groups excluding carboxylic acids is 1. The van der Waals surface area contributed by atoms with E-state index in [9.17, 15) is 4.79 Å². The summed E-state index contributed by atoms with van der Waals surface area (Å²) >= 11 is 0. The molecule has 2 heterocycles. The number of hydrogen-bond donors (Lipinski definition) is 0.